The summed E-state index contributed by atoms with van der Waals surface area (Å²) >= 11 is 1.61. The second-order valence-corrected chi connectivity index (χ2v) is 5.04. The highest BCUT2D eigenvalue weighted by Crippen LogP contribution is 2.18. The van der Waals surface area contributed by atoms with E-state index in [2.05, 4.69) is 34.5 Å². The van der Waals surface area contributed by atoms with Gasteiger partial charge in [0.2, 0.25) is 5.13 Å². The van der Waals surface area contributed by atoms with Crippen molar-refractivity contribution < 1.29 is 0 Å². The summed E-state index contributed by atoms with van der Waals surface area (Å²) in [7, 11) is 1.96. The van der Waals surface area contributed by atoms with E-state index in [0.29, 0.717) is 0 Å². The minimum absolute atomic E-state index is 0.754. The molecule has 2 rings (SSSR count). The Morgan fingerprint density at radius 1 is 1.29 bits per heavy atom. The lowest BCUT2D eigenvalue weighted by Crippen LogP contribution is -2.02. The number of aryl methyl sites for hydroxylation is 3. The fraction of sp³-hybridized carbons (Fsp3) is 0.545. The molecule has 0 bridgehead atoms. The van der Waals surface area contributed by atoms with Crippen LogP contribution in [0.15, 0.2) is 0 Å². The lowest BCUT2D eigenvalue weighted by Gasteiger charge is -2.02. The zero-order chi connectivity index (χ0) is 12.4. The Morgan fingerprint density at radius 2 is 2.06 bits per heavy atom. The van der Waals surface area contributed by atoms with Gasteiger partial charge in [-0.05, 0) is 20.3 Å². The first kappa shape index (κ1) is 12.0. The van der Waals surface area contributed by atoms with Crippen LogP contribution in [0, 0.1) is 13.8 Å². The van der Waals surface area contributed by atoms with Crippen LogP contribution in [0.3, 0.4) is 0 Å². The van der Waals surface area contributed by atoms with Gasteiger partial charge in [-0.3, -0.25) is 4.68 Å². The molecule has 0 unspecified atom stereocenters. The minimum Gasteiger partial charge on any atom is -0.356 e. The van der Waals surface area contributed by atoms with Crippen LogP contribution < -0.4 is 5.32 Å². The molecule has 0 saturated carbocycles. The van der Waals surface area contributed by atoms with Crippen molar-refractivity contribution in [1.82, 2.24) is 20.0 Å². The molecule has 0 atom stereocenters. The molecule has 0 amide bonds. The van der Waals surface area contributed by atoms with E-state index in [0.717, 1.165) is 28.8 Å². The fourth-order valence-corrected chi connectivity index (χ4v) is 2.38. The van der Waals surface area contributed by atoms with Gasteiger partial charge in [-0.1, -0.05) is 18.3 Å². The largest absolute Gasteiger partial charge is 0.356 e. The van der Waals surface area contributed by atoms with E-state index in [1.165, 1.54) is 11.3 Å². The van der Waals surface area contributed by atoms with E-state index < -0.39 is 0 Å². The van der Waals surface area contributed by atoms with Gasteiger partial charge in [0, 0.05) is 24.8 Å². The molecule has 0 aliphatic carbocycles. The highest BCUT2D eigenvalue weighted by atomic mass is 32.1. The first-order valence-electron chi connectivity index (χ1n) is 5.67. The molecular formula is C11H17N5S. The predicted molar refractivity (Wildman–Crippen MR) is 69.3 cm³/mol. The van der Waals surface area contributed by atoms with Crippen molar-refractivity contribution in [2.75, 3.05) is 5.32 Å². The molecule has 0 saturated heterocycles. The molecule has 2 aromatic rings. The predicted octanol–water partition coefficient (Wildman–Crippen LogP) is 2.06. The quantitative estimate of drug-likeness (QED) is 0.903. The van der Waals surface area contributed by atoms with Gasteiger partial charge >= 0.3 is 0 Å². The van der Waals surface area contributed by atoms with Crippen molar-refractivity contribution in [3.05, 3.63) is 22.0 Å². The lowest BCUT2D eigenvalue weighted by molar-refractivity contribution is 0.730. The first-order valence-corrected chi connectivity index (χ1v) is 6.48. The Kier molecular flexibility index (Phi) is 3.42. The molecule has 2 aromatic heterocycles. The van der Waals surface area contributed by atoms with E-state index in [9.17, 15) is 0 Å². The maximum Gasteiger partial charge on any atom is 0.205 e. The minimum atomic E-state index is 0.754. The normalized spacial score (nSPS) is 10.8. The van der Waals surface area contributed by atoms with Gasteiger partial charge in [0.25, 0.3) is 0 Å². The van der Waals surface area contributed by atoms with Crippen LogP contribution in [-0.4, -0.2) is 20.0 Å². The van der Waals surface area contributed by atoms with Crippen molar-refractivity contribution in [2.24, 2.45) is 7.05 Å². The van der Waals surface area contributed by atoms with E-state index in [1.54, 1.807) is 11.3 Å². The standard InChI is InChI=1S/C11H17N5S/c1-5-10-13-14-11(17-10)12-6-9-7(2)15-16(4)8(9)3/h5-6H2,1-4H3,(H,12,14). The van der Waals surface area contributed by atoms with Gasteiger partial charge in [0.15, 0.2) is 0 Å². The third-order valence-corrected chi connectivity index (χ3v) is 3.87. The summed E-state index contributed by atoms with van der Waals surface area (Å²) in [5.74, 6) is 0. The van der Waals surface area contributed by atoms with Crippen LogP contribution in [0.5, 0.6) is 0 Å². The van der Waals surface area contributed by atoms with Gasteiger partial charge in [0.1, 0.15) is 5.01 Å². The Balaban J connectivity index is 2.07. The van der Waals surface area contributed by atoms with Crippen LogP contribution in [0.2, 0.25) is 0 Å². The molecule has 0 radical (unpaired) electrons. The van der Waals surface area contributed by atoms with Crippen molar-refractivity contribution >= 4 is 16.5 Å². The van der Waals surface area contributed by atoms with Crippen LogP contribution in [0.1, 0.15) is 28.9 Å². The molecule has 5 nitrogen and oxygen atoms in total. The average molecular weight is 251 g/mol. The highest BCUT2D eigenvalue weighted by Gasteiger charge is 2.10. The molecule has 0 aliphatic heterocycles. The van der Waals surface area contributed by atoms with Crippen molar-refractivity contribution in [3.8, 4) is 0 Å². The molecule has 0 aliphatic rings. The van der Waals surface area contributed by atoms with Crippen molar-refractivity contribution in [2.45, 2.75) is 33.7 Å². The average Bonchev–Trinajstić information content (AvgIpc) is 2.84. The molecule has 0 aromatic carbocycles. The molecular weight excluding hydrogens is 234 g/mol. The highest BCUT2D eigenvalue weighted by molar-refractivity contribution is 7.15. The Hall–Kier alpha value is -1.43. The van der Waals surface area contributed by atoms with Gasteiger partial charge in [-0.2, -0.15) is 5.10 Å². The van der Waals surface area contributed by atoms with E-state index in [4.69, 9.17) is 0 Å². The molecule has 0 spiro atoms. The fourth-order valence-electron chi connectivity index (χ4n) is 1.71. The summed E-state index contributed by atoms with van der Waals surface area (Å²) < 4.78 is 1.91. The Bertz CT molecular complexity index is 514. The third kappa shape index (κ3) is 2.46. The third-order valence-electron chi connectivity index (χ3n) is 2.84. The molecule has 0 fully saturated rings. The summed E-state index contributed by atoms with van der Waals surface area (Å²) in [5, 5.41) is 17.8. The Morgan fingerprint density at radius 3 is 2.59 bits per heavy atom. The molecule has 6 heteroatoms. The topological polar surface area (TPSA) is 55.6 Å². The zero-order valence-corrected chi connectivity index (χ0v) is 11.4. The molecule has 1 N–H and O–H groups in total. The zero-order valence-electron chi connectivity index (χ0n) is 10.6. The molecule has 2 heterocycles. The van der Waals surface area contributed by atoms with E-state index >= 15 is 0 Å². The monoisotopic (exact) mass is 251 g/mol. The number of nitrogens with one attached hydrogen (secondary N) is 1. The molecule has 17 heavy (non-hydrogen) atoms. The smallest absolute Gasteiger partial charge is 0.205 e. The Labute approximate surface area is 105 Å². The van der Waals surface area contributed by atoms with E-state index in [1.807, 2.05) is 18.7 Å². The number of hydrogen-bond donors (Lipinski definition) is 1. The number of rotatable bonds is 4. The molecule has 92 valence electrons. The number of aromatic nitrogens is 4. The number of nitrogens with zero attached hydrogens (tertiary/aromatic N) is 4. The maximum atomic E-state index is 4.39. The summed E-state index contributed by atoms with van der Waals surface area (Å²) in [6, 6.07) is 0. The first-order chi connectivity index (χ1) is 8.11. The van der Waals surface area contributed by atoms with Crippen molar-refractivity contribution in [3.63, 3.8) is 0 Å². The second kappa shape index (κ2) is 4.83. The summed E-state index contributed by atoms with van der Waals surface area (Å²) in [4.78, 5) is 0. The summed E-state index contributed by atoms with van der Waals surface area (Å²) in [5.41, 5.74) is 3.49. The van der Waals surface area contributed by atoms with Crippen LogP contribution in [0.25, 0.3) is 0 Å². The van der Waals surface area contributed by atoms with Crippen LogP contribution >= 0.6 is 11.3 Å². The van der Waals surface area contributed by atoms with Gasteiger partial charge in [-0.15, -0.1) is 10.2 Å². The SMILES string of the molecule is CCc1nnc(NCc2c(C)nn(C)c2C)s1. The van der Waals surface area contributed by atoms with E-state index in [-0.39, 0.29) is 0 Å². The second-order valence-electron chi connectivity index (χ2n) is 3.98. The number of hydrogen-bond acceptors (Lipinski definition) is 5. The van der Waals surface area contributed by atoms with Gasteiger partial charge < -0.3 is 5.32 Å². The van der Waals surface area contributed by atoms with Crippen LogP contribution in [-0.2, 0) is 20.0 Å². The lowest BCUT2D eigenvalue weighted by atomic mass is 10.2. The summed E-state index contributed by atoms with van der Waals surface area (Å²) in [6.07, 6.45) is 0.935. The van der Waals surface area contributed by atoms with Crippen LogP contribution in [0.4, 0.5) is 5.13 Å². The number of anilines is 1. The van der Waals surface area contributed by atoms with Gasteiger partial charge in [-0.25, -0.2) is 0 Å². The van der Waals surface area contributed by atoms with Gasteiger partial charge in [0.05, 0.1) is 5.69 Å². The summed E-state index contributed by atoms with van der Waals surface area (Å²) in [6.45, 7) is 6.94. The maximum absolute atomic E-state index is 4.39. The van der Waals surface area contributed by atoms with Crippen molar-refractivity contribution in [1.29, 1.82) is 0 Å².